The van der Waals surface area contributed by atoms with Gasteiger partial charge in [0, 0.05) is 31.9 Å². The fraction of sp³-hybridized carbons (Fsp3) is 0.333. The van der Waals surface area contributed by atoms with Gasteiger partial charge in [-0.25, -0.2) is 4.98 Å². The zero-order valence-corrected chi connectivity index (χ0v) is 17.9. The normalized spacial score (nSPS) is 15.2. The first-order chi connectivity index (χ1) is 14.8. The molecule has 0 bridgehead atoms. The van der Waals surface area contributed by atoms with E-state index in [4.69, 9.17) is 9.72 Å². The Morgan fingerprint density at radius 2 is 1.77 bits per heavy atom. The molecule has 0 N–H and O–H groups in total. The first-order valence-corrected chi connectivity index (χ1v) is 11.4. The molecule has 0 amide bonds. The summed E-state index contributed by atoms with van der Waals surface area (Å²) < 4.78 is 7.27. The van der Waals surface area contributed by atoms with Gasteiger partial charge < -0.3 is 4.74 Å². The van der Waals surface area contributed by atoms with E-state index in [0.29, 0.717) is 11.9 Å². The van der Waals surface area contributed by atoms with Crippen LogP contribution in [0.1, 0.15) is 12.0 Å². The van der Waals surface area contributed by atoms with Crippen molar-refractivity contribution < 1.29 is 4.74 Å². The second kappa shape index (κ2) is 10.6. The highest BCUT2D eigenvalue weighted by molar-refractivity contribution is 7.99. The largest absolute Gasteiger partial charge is 0.379 e. The van der Waals surface area contributed by atoms with Crippen molar-refractivity contribution >= 4 is 28.7 Å². The highest BCUT2D eigenvalue weighted by Gasteiger charge is 2.13. The third-order valence-electron chi connectivity index (χ3n) is 5.20. The van der Waals surface area contributed by atoms with E-state index < -0.39 is 0 Å². The van der Waals surface area contributed by atoms with Crippen LogP contribution in [0.2, 0.25) is 0 Å². The summed E-state index contributed by atoms with van der Waals surface area (Å²) in [4.78, 5) is 20.3. The van der Waals surface area contributed by atoms with Gasteiger partial charge in [0.25, 0.3) is 5.56 Å². The molecule has 6 heteroatoms. The number of nitrogens with zero attached hydrogens (tertiary/aromatic N) is 3. The van der Waals surface area contributed by atoms with Crippen LogP contribution in [0.15, 0.2) is 70.6 Å². The summed E-state index contributed by atoms with van der Waals surface area (Å²) >= 11 is 1.61. The van der Waals surface area contributed by atoms with Crippen LogP contribution in [0.25, 0.3) is 17.0 Å². The molecule has 0 spiro atoms. The third-order valence-corrected chi connectivity index (χ3v) is 6.13. The van der Waals surface area contributed by atoms with Crippen molar-refractivity contribution in [2.45, 2.75) is 18.1 Å². The predicted molar refractivity (Wildman–Crippen MR) is 124 cm³/mol. The van der Waals surface area contributed by atoms with Gasteiger partial charge in [-0.15, -0.1) is 0 Å². The molecule has 30 heavy (non-hydrogen) atoms. The minimum atomic E-state index is 0.0529. The Labute approximate surface area is 181 Å². The van der Waals surface area contributed by atoms with Gasteiger partial charge >= 0.3 is 0 Å². The van der Waals surface area contributed by atoms with Gasteiger partial charge in [-0.1, -0.05) is 66.4 Å². The number of ether oxygens (including phenoxy) is 1. The summed E-state index contributed by atoms with van der Waals surface area (Å²) in [6.07, 6.45) is 5.15. The fourth-order valence-corrected chi connectivity index (χ4v) is 4.44. The fourth-order valence-electron chi connectivity index (χ4n) is 3.60. The van der Waals surface area contributed by atoms with Crippen LogP contribution in [0.4, 0.5) is 0 Å². The first kappa shape index (κ1) is 20.8. The minimum Gasteiger partial charge on any atom is -0.379 e. The van der Waals surface area contributed by atoms with E-state index >= 15 is 0 Å². The van der Waals surface area contributed by atoms with Crippen molar-refractivity contribution in [2.75, 3.05) is 38.6 Å². The molecule has 0 radical (unpaired) electrons. The highest BCUT2D eigenvalue weighted by atomic mass is 32.2. The van der Waals surface area contributed by atoms with Crippen LogP contribution in [0, 0.1) is 0 Å². The van der Waals surface area contributed by atoms with Gasteiger partial charge in [-0.3, -0.25) is 14.3 Å². The second-order valence-corrected chi connectivity index (χ2v) is 8.29. The molecule has 4 rings (SSSR count). The van der Waals surface area contributed by atoms with Crippen molar-refractivity contribution in [3.8, 4) is 0 Å². The molecule has 1 aliphatic heterocycles. The van der Waals surface area contributed by atoms with Gasteiger partial charge in [-0.05, 0) is 24.1 Å². The van der Waals surface area contributed by atoms with Gasteiger partial charge in [0.1, 0.15) is 0 Å². The Balaban J connectivity index is 1.48. The van der Waals surface area contributed by atoms with Crippen LogP contribution in [0.5, 0.6) is 0 Å². The Hall–Kier alpha value is -2.41. The molecule has 1 aromatic heterocycles. The summed E-state index contributed by atoms with van der Waals surface area (Å²) in [6.45, 7) is 5.19. The monoisotopic (exact) mass is 421 g/mol. The average Bonchev–Trinajstić information content (AvgIpc) is 2.80. The van der Waals surface area contributed by atoms with E-state index in [9.17, 15) is 4.79 Å². The van der Waals surface area contributed by atoms with Gasteiger partial charge in [0.2, 0.25) is 0 Å². The summed E-state index contributed by atoms with van der Waals surface area (Å²) in [6, 6.07) is 17.9. The van der Waals surface area contributed by atoms with Crippen molar-refractivity contribution in [2.24, 2.45) is 0 Å². The SMILES string of the molecule is O=c1c2ccccc2nc(SCC=Cc2ccccc2)n1CCCN1CCOCC1. The molecule has 0 saturated carbocycles. The van der Waals surface area contributed by atoms with E-state index in [0.717, 1.165) is 55.7 Å². The number of morpholine rings is 1. The van der Waals surface area contributed by atoms with Crippen LogP contribution in [0.3, 0.4) is 0 Å². The number of para-hydroxylation sites is 1. The van der Waals surface area contributed by atoms with Crippen molar-refractivity contribution in [3.05, 3.63) is 76.6 Å². The van der Waals surface area contributed by atoms with Crippen LogP contribution < -0.4 is 5.56 Å². The lowest BCUT2D eigenvalue weighted by Gasteiger charge is -2.26. The maximum Gasteiger partial charge on any atom is 0.262 e. The quantitative estimate of drug-likeness (QED) is 0.407. The Kier molecular flexibility index (Phi) is 7.34. The van der Waals surface area contributed by atoms with E-state index in [2.05, 4.69) is 29.2 Å². The number of benzene rings is 2. The number of hydrogen-bond acceptors (Lipinski definition) is 5. The number of rotatable bonds is 8. The number of hydrogen-bond donors (Lipinski definition) is 0. The molecule has 1 aliphatic rings. The van der Waals surface area contributed by atoms with Gasteiger partial charge in [0.15, 0.2) is 5.16 Å². The molecule has 1 fully saturated rings. The molecule has 5 nitrogen and oxygen atoms in total. The second-order valence-electron chi connectivity index (χ2n) is 7.30. The average molecular weight is 422 g/mol. The Morgan fingerprint density at radius 1 is 1.00 bits per heavy atom. The van der Waals surface area contributed by atoms with Crippen LogP contribution in [-0.4, -0.2) is 53.1 Å². The Bertz CT molecular complexity index is 1040. The molecule has 1 saturated heterocycles. The van der Waals surface area contributed by atoms with E-state index in [1.165, 1.54) is 5.56 Å². The standard InChI is InChI=1S/C24H27N3O2S/c28-23-21-11-4-5-12-22(21)25-24(30-19-6-10-20-8-2-1-3-9-20)27(23)14-7-13-26-15-17-29-18-16-26/h1-6,8-12H,7,13-19H2. The lowest BCUT2D eigenvalue weighted by atomic mass is 10.2. The minimum absolute atomic E-state index is 0.0529. The lowest BCUT2D eigenvalue weighted by Crippen LogP contribution is -2.37. The molecular formula is C24H27N3O2S. The maximum atomic E-state index is 13.1. The maximum absolute atomic E-state index is 13.1. The van der Waals surface area contributed by atoms with Gasteiger partial charge in [0.05, 0.1) is 24.1 Å². The smallest absolute Gasteiger partial charge is 0.262 e. The van der Waals surface area contributed by atoms with Gasteiger partial charge in [-0.2, -0.15) is 0 Å². The van der Waals surface area contributed by atoms with Crippen molar-refractivity contribution in [3.63, 3.8) is 0 Å². The molecule has 0 aliphatic carbocycles. The molecule has 156 valence electrons. The third kappa shape index (κ3) is 5.39. The van der Waals surface area contributed by atoms with Crippen molar-refractivity contribution in [1.29, 1.82) is 0 Å². The molecular weight excluding hydrogens is 394 g/mol. The molecule has 2 heterocycles. The topological polar surface area (TPSA) is 47.4 Å². The molecule has 2 aromatic carbocycles. The summed E-state index contributed by atoms with van der Waals surface area (Å²) in [5.41, 5.74) is 1.99. The van der Waals surface area contributed by atoms with Crippen molar-refractivity contribution in [1.82, 2.24) is 14.5 Å². The summed E-state index contributed by atoms with van der Waals surface area (Å²) in [5, 5.41) is 1.48. The van der Waals surface area contributed by atoms with Crippen LogP contribution >= 0.6 is 11.8 Å². The van der Waals surface area contributed by atoms with E-state index in [1.807, 2.05) is 47.0 Å². The zero-order valence-electron chi connectivity index (χ0n) is 17.1. The highest BCUT2D eigenvalue weighted by Crippen LogP contribution is 2.19. The molecule has 3 aromatic rings. The predicted octanol–water partition coefficient (Wildman–Crippen LogP) is 3.92. The Morgan fingerprint density at radius 3 is 2.60 bits per heavy atom. The molecule has 0 unspecified atom stereocenters. The summed E-state index contributed by atoms with van der Waals surface area (Å²) in [5.74, 6) is 0.767. The first-order valence-electron chi connectivity index (χ1n) is 10.5. The lowest BCUT2D eigenvalue weighted by molar-refractivity contribution is 0.0368. The summed E-state index contributed by atoms with van der Waals surface area (Å²) in [7, 11) is 0. The van der Waals surface area contributed by atoms with E-state index in [-0.39, 0.29) is 5.56 Å². The number of thioether (sulfide) groups is 1. The molecule has 0 atom stereocenters. The number of fused-ring (bicyclic) bond motifs is 1. The van der Waals surface area contributed by atoms with E-state index in [1.54, 1.807) is 11.8 Å². The van der Waals surface area contributed by atoms with Crippen LogP contribution in [-0.2, 0) is 11.3 Å². The zero-order chi connectivity index (χ0) is 20.6. The number of aromatic nitrogens is 2.